The Kier molecular flexibility index (Phi) is 8.17. The van der Waals surface area contributed by atoms with E-state index in [1.807, 2.05) is 24.3 Å². The molecular formula is C21H25F3N2O2. The molecule has 2 aromatic carbocycles. The fourth-order valence-corrected chi connectivity index (χ4v) is 2.62. The number of hydrogen-bond donors (Lipinski definition) is 2. The molecule has 2 N–H and O–H groups in total. The lowest BCUT2D eigenvalue weighted by molar-refractivity contribution is -0.274. The standard InChI is InChI=1S/C21H25F3N2O2/c1-2-3-4-5-6-20(27)26-18-11-9-17(10-12-18)25-15-16-7-13-19(14-8-16)28-21(22,23)24/h7-14,25H,2-6,15H2,1H3,(H,26,27). The van der Waals surface area contributed by atoms with Crippen molar-refractivity contribution in [3.8, 4) is 5.75 Å². The zero-order valence-electron chi connectivity index (χ0n) is 15.8. The number of alkyl halides is 3. The summed E-state index contributed by atoms with van der Waals surface area (Å²) in [5.41, 5.74) is 2.40. The van der Waals surface area contributed by atoms with Crippen LogP contribution in [0.25, 0.3) is 0 Å². The van der Waals surface area contributed by atoms with Crippen molar-refractivity contribution in [3.05, 3.63) is 54.1 Å². The van der Waals surface area contributed by atoms with Crippen LogP contribution >= 0.6 is 0 Å². The smallest absolute Gasteiger partial charge is 0.406 e. The lowest BCUT2D eigenvalue weighted by atomic mass is 10.1. The van der Waals surface area contributed by atoms with Crippen LogP contribution in [0, 0.1) is 0 Å². The molecule has 0 unspecified atom stereocenters. The van der Waals surface area contributed by atoms with Crippen molar-refractivity contribution in [1.82, 2.24) is 0 Å². The first-order valence-corrected chi connectivity index (χ1v) is 9.34. The molecule has 0 aromatic heterocycles. The predicted octanol–water partition coefficient (Wildman–Crippen LogP) is 6.11. The monoisotopic (exact) mass is 394 g/mol. The summed E-state index contributed by atoms with van der Waals surface area (Å²) in [4.78, 5) is 11.9. The van der Waals surface area contributed by atoms with E-state index in [1.165, 1.54) is 12.1 Å². The van der Waals surface area contributed by atoms with Crippen LogP contribution in [0.4, 0.5) is 24.5 Å². The van der Waals surface area contributed by atoms with E-state index in [9.17, 15) is 18.0 Å². The van der Waals surface area contributed by atoms with Crippen LogP contribution in [0.1, 0.15) is 44.6 Å². The number of amides is 1. The van der Waals surface area contributed by atoms with Gasteiger partial charge in [-0.2, -0.15) is 0 Å². The minimum absolute atomic E-state index is 0.0120. The van der Waals surface area contributed by atoms with E-state index in [2.05, 4.69) is 22.3 Å². The quantitative estimate of drug-likeness (QED) is 0.478. The van der Waals surface area contributed by atoms with E-state index in [0.717, 1.165) is 42.6 Å². The van der Waals surface area contributed by atoms with Gasteiger partial charge in [-0.15, -0.1) is 13.2 Å². The Hall–Kier alpha value is -2.70. The summed E-state index contributed by atoms with van der Waals surface area (Å²) in [7, 11) is 0. The van der Waals surface area contributed by atoms with Crippen LogP contribution in [-0.2, 0) is 11.3 Å². The van der Waals surface area contributed by atoms with Crippen molar-refractivity contribution in [1.29, 1.82) is 0 Å². The highest BCUT2D eigenvalue weighted by molar-refractivity contribution is 5.90. The van der Waals surface area contributed by atoms with Gasteiger partial charge in [0.15, 0.2) is 0 Å². The highest BCUT2D eigenvalue weighted by Gasteiger charge is 2.30. The summed E-state index contributed by atoms with van der Waals surface area (Å²) in [6.07, 6.45) is 0.0793. The molecule has 0 aliphatic rings. The molecule has 4 nitrogen and oxygen atoms in total. The lowest BCUT2D eigenvalue weighted by Gasteiger charge is -2.11. The molecule has 0 radical (unpaired) electrons. The van der Waals surface area contributed by atoms with Crippen molar-refractivity contribution >= 4 is 17.3 Å². The summed E-state index contributed by atoms with van der Waals surface area (Å²) in [6.45, 7) is 2.59. The number of hydrogen-bond acceptors (Lipinski definition) is 3. The van der Waals surface area contributed by atoms with Gasteiger partial charge in [0, 0.05) is 24.3 Å². The van der Waals surface area contributed by atoms with Gasteiger partial charge in [-0.05, 0) is 48.4 Å². The Morgan fingerprint density at radius 1 is 0.929 bits per heavy atom. The van der Waals surface area contributed by atoms with Gasteiger partial charge in [0.25, 0.3) is 0 Å². The Bertz CT molecular complexity index is 729. The van der Waals surface area contributed by atoms with E-state index < -0.39 is 6.36 Å². The zero-order chi connectivity index (χ0) is 20.4. The first-order chi connectivity index (χ1) is 13.4. The molecule has 0 aliphatic carbocycles. The molecule has 152 valence electrons. The maximum absolute atomic E-state index is 12.2. The molecule has 7 heteroatoms. The Morgan fingerprint density at radius 3 is 2.18 bits per heavy atom. The van der Waals surface area contributed by atoms with Crippen LogP contribution in [-0.4, -0.2) is 12.3 Å². The average Bonchev–Trinajstić information content (AvgIpc) is 2.65. The number of anilines is 2. The predicted molar refractivity (Wildman–Crippen MR) is 104 cm³/mol. The number of carbonyl (C=O) groups excluding carboxylic acids is 1. The summed E-state index contributed by atoms with van der Waals surface area (Å²) < 4.78 is 40.3. The van der Waals surface area contributed by atoms with Gasteiger partial charge >= 0.3 is 6.36 Å². The molecule has 0 saturated heterocycles. The molecule has 0 fully saturated rings. The van der Waals surface area contributed by atoms with E-state index >= 15 is 0 Å². The summed E-state index contributed by atoms with van der Waals surface area (Å²) >= 11 is 0. The Morgan fingerprint density at radius 2 is 1.57 bits per heavy atom. The normalized spacial score (nSPS) is 11.1. The SMILES string of the molecule is CCCCCCC(=O)Nc1ccc(NCc2ccc(OC(F)(F)F)cc2)cc1. The van der Waals surface area contributed by atoms with Crippen LogP contribution in [0.15, 0.2) is 48.5 Å². The second kappa shape index (κ2) is 10.6. The zero-order valence-corrected chi connectivity index (χ0v) is 15.8. The number of unbranched alkanes of at least 4 members (excludes halogenated alkanes) is 3. The molecule has 0 aliphatic heterocycles. The van der Waals surface area contributed by atoms with Gasteiger partial charge in [-0.25, -0.2) is 0 Å². The third-order valence-corrected chi connectivity index (χ3v) is 4.08. The van der Waals surface area contributed by atoms with Crippen molar-refractivity contribution < 1.29 is 22.7 Å². The first kappa shape index (κ1) is 21.6. The van der Waals surface area contributed by atoms with E-state index in [-0.39, 0.29) is 11.7 Å². The van der Waals surface area contributed by atoms with E-state index in [1.54, 1.807) is 12.1 Å². The first-order valence-electron chi connectivity index (χ1n) is 9.34. The van der Waals surface area contributed by atoms with Gasteiger partial charge in [0.2, 0.25) is 5.91 Å². The third-order valence-electron chi connectivity index (χ3n) is 4.08. The molecule has 0 atom stereocenters. The third kappa shape index (κ3) is 8.33. The highest BCUT2D eigenvalue weighted by atomic mass is 19.4. The largest absolute Gasteiger partial charge is 0.573 e. The van der Waals surface area contributed by atoms with Crippen LogP contribution < -0.4 is 15.4 Å². The number of nitrogens with one attached hydrogen (secondary N) is 2. The molecule has 1 amide bonds. The van der Waals surface area contributed by atoms with Gasteiger partial charge in [0.05, 0.1) is 0 Å². The van der Waals surface area contributed by atoms with Gasteiger partial charge < -0.3 is 15.4 Å². The molecular weight excluding hydrogens is 369 g/mol. The van der Waals surface area contributed by atoms with Crippen LogP contribution in [0.2, 0.25) is 0 Å². The topological polar surface area (TPSA) is 50.4 Å². The second-order valence-corrected chi connectivity index (χ2v) is 6.48. The van der Waals surface area contributed by atoms with E-state index in [4.69, 9.17) is 0 Å². The minimum Gasteiger partial charge on any atom is -0.406 e. The fraction of sp³-hybridized carbons (Fsp3) is 0.381. The van der Waals surface area contributed by atoms with Crippen LogP contribution in [0.5, 0.6) is 5.75 Å². The van der Waals surface area contributed by atoms with Gasteiger partial charge in [0.1, 0.15) is 5.75 Å². The molecule has 28 heavy (non-hydrogen) atoms. The van der Waals surface area contributed by atoms with Crippen LogP contribution in [0.3, 0.4) is 0 Å². The van der Waals surface area contributed by atoms with Crippen molar-refractivity contribution in [2.75, 3.05) is 10.6 Å². The minimum atomic E-state index is -4.69. The number of rotatable bonds is 10. The highest BCUT2D eigenvalue weighted by Crippen LogP contribution is 2.23. The van der Waals surface area contributed by atoms with Crippen molar-refractivity contribution in [2.24, 2.45) is 0 Å². The summed E-state index contributed by atoms with van der Waals surface area (Å²) in [5, 5.41) is 6.05. The average molecular weight is 394 g/mol. The molecule has 0 bridgehead atoms. The fourth-order valence-electron chi connectivity index (χ4n) is 2.62. The number of carbonyl (C=O) groups is 1. The number of benzene rings is 2. The van der Waals surface area contributed by atoms with Gasteiger partial charge in [-0.1, -0.05) is 38.3 Å². The molecule has 2 rings (SSSR count). The number of ether oxygens (including phenoxy) is 1. The Balaban J connectivity index is 1.77. The molecule has 0 heterocycles. The van der Waals surface area contributed by atoms with Crippen molar-refractivity contribution in [3.63, 3.8) is 0 Å². The summed E-state index contributed by atoms with van der Waals surface area (Å²) in [5.74, 6) is -0.232. The number of halogens is 3. The molecule has 2 aromatic rings. The maximum Gasteiger partial charge on any atom is 0.573 e. The van der Waals surface area contributed by atoms with E-state index in [0.29, 0.717) is 13.0 Å². The molecule has 0 saturated carbocycles. The Labute approximate surface area is 163 Å². The maximum atomic E-state index is 12.2. The second-order valence-electron chi connectivity index (χ2n) is 6.48. The van der Waals surface area contributed by atoms with Crippen molar-refractivity contribution in [2.45, 2.75) is 51.9 Å². The summed E-state index contributed by atoms with van der Waals surface area (Å²) in [6, 6.07) is 13.0. The lowest BCUT2D eigenvalue weighted by Crippen LogP contribution is -2.17. The molecule has 0 spiro atoms. The van der Waals surface area contributed by atoms with Gasteiger partial charge in [-0.3, -0.25) is 4.79 Å².